The molecule has 0 aromatic heterocycles. The van der Waals surface area contributed by atoms with Crippen LogP contribution in [0, 0.1) is 0 Å². The quantitative estimate of drug-likeness (QED) is 0.360. The number of hydrogen-bond acceptors (Lipinski definition) is 4. The van der Waals surface area contributed by atoms with Crippen molar-refractivity contribution in [2.45, 2.75) is 20.8 Å². The Hall–Kier alpha value is -2.30. The van der Waals surface area contributed by atoms with E-state index in [0.29, 0.717) is 18.9 Å². The highest BCUT2D eigenvalue weighted by Gasteiger charge is 2.15. The number of carbonyl (C=O) groups excluding carboxylic acids is 2. The molecule has 1 aromatic rings. The van der Waals surface area contributed by atoms with Gasteiger partial charge in [-0.3, -0.25) is 9.59 Å². The van der Waals surface area contributed by atoms with E-state index < -0.39 is 5.91 Å². The zero-order chi connectivity index (χ0) is 15.0. The Balaban J connectivity index is 2.75. The summed E-state index contributed by atoms with van der Waals surface area (Å²) in [5, 5.41) is 2.64. The first-order valence-electron chi connectivity index (χ1n) is 6.45. The third-order valence-electron chi connectivity index (χ3n) is 2.41. The minimum atomic E-state index is -0.491. The third kappa shape index (κ3) is 4.76. The smallest absolute Gasteiger partial charge is 0.262 e. The van der Waals surface area contributed by atoms with Crippen molar-refractivity contribution in [1.29, 1.82) is 0 Å². The number of carbonyl (C=O) groups is 2. The first kappa shape index (κ1) is 15.8. The van der Waals surface area contributed by atoms with E-state index in [9.17, 15) is 9.59 Å². The van der Waals surface area contributed by atoms with Crippen molar-refractivity contribution < 1.29 is 19.1 Å². The molecule has 0 unspecified atom stereocenters. The molecule has 0 aliphatic heterocycles. The first-order valence-corrected chi connectivity index (χ1v) is 6.45. The molecule has 0 atom stereocenters. The fourth-order valence-corrected chi connectivity index (χ4v) is 1.46. The van der Waals surface area contributed by atoms with Crippen LogP contribution in [0.4, 0.5) is 5.69 Å². The molecule has 1 rings (SSSR count). The zero-order valence-electron chi connectivity index (χ0n) is 11.9. The number of Topliss-reactive ketones (excluding diaryl/α,β-unsaturated/α-hetero) is 1. The predicted molar refractivity (Wildman–Crippen MR) is 76.6 cm³/mol. The third-order valence-corrected chi connectivity index (χ3v) is 2.41. The Kier molecular flexibility index (Phi) is 6.29. The Morgan fingerprint density at radius 3 is 2.30 bits per heavy atom. The summed E-state index contributed by atoms with van der Waals surface area (Å²) >= 11 is 0. The Morgan fingerprint density at radius 2 is 1.80 bits per heavy atom. The molecule has 108 valence electrons. The minimum Gasteiger partial charge on any atom is -0.501 e. The fourth-order valence-electron chi connectivity index (χ4n) is 1.46. The van der Waals surface area contributed by atoms with Gasteiger partial charge in [-0.05, 0) is 45.0 Å². The van der Waals surface area contributed by atoms with Crippen molar-refractivity contribution in [3.63, 3.8) is 0 Å². The van der Waals surface area contributed by atoms with E-state index in [1.54, 1.807) is 31.2 Å². The average Bonchev–Trinajstić information content (AvgIpc) is 2.41. The number of ether oxygens (including phenoxy) is 2. The molecule has 0 radical (unpaired) electrons. The molecule has 0 heterocycles. The van der Waals surface area contributed by atoms with Crippen LogP contribution in [0.1, 0.15) is 20.8 Å². The van der Waals surface area contributed by atoms with Gasteiger partial charge in [-0.2, -0.15) is 0 Å². The summed E-state index contributed by atoms with van der Waals surface area (Å²) in [6.07, 6.45) is 1.19. The average molecular weight is 277 g/mol. The second-order valence-electron chi connectivity index (χ2n) is 3.95. The molecular formula is C15H19NO4. The van der Waals surface area contributed by atoms with Crippen LogP contribution < -0.4 is 10.1 Å². The molecular weight excluding hydrogens is 258 g/mol. The molecule has 1 N–H and O–H groups in total. The lowest BCUT2D eigenvalue weighted by molar-refractivity contribution is -0.119. The Bertz CT molecular complexity index is 491. The van der Waals surface area contributed by atoms with Gasteiger partial charge in [0.25, 0.3) is 5.91 Å². The number of benzene rings is 1. The van der Waals surface area contributed by atoms with Gasteiger partial charge in [0.2, 0.25) is 0 Å². The van der Waals surface area contributed by atoms with Gasteiger partial charge in [-0.15, -0.1) is 0 Å². The Morgan fingerprint density at radius 1 is 1.15 bits per heavy atom. The highest BCUT2D eigenvalue weighted by molar-refractivity contribution is 6.22. The van der Waals surface area contributed by atoms with E-state index in [2.05, 4.69) is 5.32 Å². The SMILES string of the molecule is CCOC=C(C(C)=O)C(=O)Nc1ccc(OCC)cc1. The van der Waals surface area contributed by atoms with E-state index in [1.807, 2.05) is 6.92 Å². The molecule has 5 nitrogen and oxygen atoms in total. The van der Waals surface area contributed by atoms with Crippen LogP contribution in [0.3, 0.4) is 0 Å². The van der Waals surface area contributed by atoms with Crippen LogP contribution in [0.25, 0.3) is 0 Å². The number of hydrogen-bond donors (Lipinski definition) is 1. The molecule has 0 fully saturated rings. The van der Waals surface area contributed by atoms with Crippen molar-refractivity contribution in [2.75, 3.05) is 18.5 Å². The molecule has 20 heavy (non-hydrogen) atoms. The molecule has 0 spiro atoms. The molecule has 0 bridgehead atoms. The lowest BCUT2D eigenvalue weighted by Gasteiger charge is -2.08. The number of anilines is 1. The summed E-state index contributed by atoms with van der Waals surface area (Å²) in [5.41, 5.74) is 0.572. The van der Waals surface area contributed by atoms with Gasteiger partial charge >= 0.3 is 0 Å². The van der Waals surface area contributed by atoms with E-state index in [0.717, 1.165) is 5.75 Å². The minimum absolute atomic E-state index is 0.0132. The molecule has 0 saturated heterocycles. The van der Waals surface area contributed by atoms with Crippen molar-refractivity contribution in [1.82, 2.24) is 0 Å². The van der Waals surface area contributed by atoms with Crippen LogP contribution in [-0.2, 0) is 14.3 Å². The van der Waals surface area contributed by atoms with Gasteiger partial charge in [-0.25, -0.2) is 0 Å². The maximum absolute atomic E-state index is 12.0. The van der Waals surface area contributed by atoms with Gasteiger partial charge in [-0.1, -0.05) is 0 Å². The highest BCUT2D eigenvalue weighted by Crippen LogP contribution is 2.16. The summed E-state index contributed by atoms with van der Waals surface area (Å²) in [4.78, 5) is 23.4. The van der Waals surface area contributed by atoms with Crippen molar-refractivity contribution in [3.8, 4) is 5.75 Å². The Labute approximate surface area is 118 Å². The molecule has 0 aliphatic rings. The second kappa shape index (κ2) is 7.99. The van der Waals surface area contributed by atoms with E-state index in [-0.39, 0.29) is 11.4 Å². The molecule has 5 heteroatoms. The standard InChI is InChI=1S/C15H19NO4/c1-4-19-10-14(11(3)17)15(18)16-12-6-8-13(9-7-12)20-5-2/h6-10H,4-5H2,1-3H3,(H,16,18). The monoisotopic (exact) mass is 277 g/mol. The summed E-state index contributed by atoms with van der Waals surface area (Å²) in [6.45, 7) is 5.97. The van der Waals surface area contributed by atoms with E-state index in [1.165, 1.54) is 13.2 Å². The number of ketones is 1. The van der Waals surface area contributed by atoms with Gasteiger partial charge in [0.15, 0.2) is 5.78 Å². The maximum atomic E-state index is 12.0. The maximum Gasteiger partial charge on any atom is 0.262 e. The van der Waals surface area contributed by atoms with Crippen molar-refractivity contribution in [2.24, 2.45) is 0 Å². The number of amides is 1. The first-order chi connectivity index (χ1) is 9.58. The predicted octanol–water partition coefficient (Wildman–Crippen LogP) is 2.53. The molecule has 0 saturated carbocycles. The van der Waals surface area contributed by atoms with Crippen LogP contribution in [-0.4, -0.2) is 24.9 Å². The molecule has 1 amide bonds. The fraction of sp³-hybridized carbons (Fsp3) is 0.333. The molecule has 0 aliphatic carbocycles. The summed E-state index contributed by atoms with van der Waals surface area (Å²) in [7, 11) is 0. The van der Waals surface area contributed by atoms with Crippen LogP contribution in [0.2, 0.25) is 0 Å². The lowest BCUT2D eigenvalue weighted by Crippen LogP contribution is -2.19. The number of rotatable bonds is 7. The number of nitrogens with one attached hydrogen (secondary N) is 1. The zero-order valence-corrected chi connectivity index (χ0v) is 11.9. The van der Waals surface area contributed by atoms with E-state index >= 15 is 0 Å². The lowest BCUT2D eigenvalue weighted by atomic mass is 10.2. The topological polar surface area (TPSA) is 64.6 Å². The largest absolute Gasteiger partial charge is 0.501 e. The van der Waals surface area contributed by atoms with Gasteiger partial charge < -0.3 is 14.8 Å². The van der Waals surface area contributed by atoms with Crippen molar-refractivity contribution in [3.05, 3.63) is 36.1 Å². The van der Waals surface area contributed by atoms with Crippen LogP contribution >= 0.6 is 0 Å². The van der Waals surface area contributed by atoms with Gasteiger partial charge in [0, 0.05) is 5.69 Å². The van der Waals surface area contributed by atoms with Gasteiger partial charge in [0.1, 0.15) is 11.3 Å². The second-order valence-corrected chi connectivity index (χ2v) is 3.95. The molecule has 1 aromatic carbocycles. The van der Waals surface area contributed by atoms with Crippen LogP contribution in [0.15, 0.2) is 36.1 Å². The highest BCUT2D eigenvalue weighted by atomic mass is 16.5. The van der Waals surface area contributed by atoms with Crippen molar-refractivity contribution >= 4 is 17.4 Å². The van der Waals surface area contributed by atoms with E-state index in [4.69, 9.17) is 9.47 Å². The summed E-state index contributed by atoms with van der Waals surface area (Å²) < 4.78 is 10.3. The summed E-state index contributed by atoms with van der Waals surface area (Å²) in [5.74, 6) is -0.112. The summed E-state index contributed by atoms with van der Waals surface area (Å²) in [6, 6.07) is 6.92. The van der Waals surface area contributed by atoms with Crippen LogP contribution in [0.5, 0.6) is 5.75 Å². The normalized spacial score (nSPS) is 10.8. The van der Waals surface area contributed by atoms with Gasteiger partial charge in [0.05, 0.1) is 19.5 Å².